The lowest BCUT2D eigenvalue weighted by Gasteiger charge is -2.15. The molecule has 2 aliphatic heterocycles. The van der Waals surface area contributed by atoms with Gasteiger partial charge in [-0.2, -0.15) is 0 Å². The number of hydrogen-bond donors (Lipinski definition) is 0. The molecule has 2 aliphatic rings. The van der Waals surface area contributed by atoms with Crippen LogP contribution in [-0.4, -0.2) is 9.38 Å². The van der Waals surface area contributed by atoms with Crippen LogP contribution in [0.4, 0.5) is 0 Å². The molecule has 2 nitrogen and oxygen atoms in total. The average Bonchev–Trinajstić information content (AvgIpc) is 2.87. The smallest absolute Gasteiger partial charge is 0.0959 e. The van der Waals surface area contributed by atoms with Gasteiger partial charge in [-0.1, -0.05) is 25.1 Å². The third-order valence-electron chi connectivity index (χ3n) is 4.58. The van der Waals surface area contributed by atoms with Gasteiger partial charge < -0.3 is 4.40 Å². The summed E-state index contributed by atoms with van der Waals surface area (Å²) in [6.07, 6.45) is 5.40. The molecule has 0 radical (unpaired) electrons. The first kappa shape index (κ1) is 12.4. The van der Waals surface area contributed by atoms with Gasteiger partial charge in [0.25, 0.3) is 0 Å². The fraction of sp³-hybridized carbons (Fsp3) is 0.211. The van der Waals surface area contributed by atoms with Crippen molar-refractivity contribution in [2.75, 3.05) is 0 Å². The van der Waals surface area contributed by atoms with Gasteiger partial charge in [-0.3, -0.25) is 0 Å². The van der Waals surface area contributed by atoms with E-state index in [4.69, 9.17) is 4.98 Å². The van der Waals surface area contributed by atoms with Crippen LogP contribution < -0.4 is 0 Å². The van der Waals surface area contributed by atoms with Crippen LogP contribution in [0.25, 0.3) is 27.7 Å². The molecule has 0 amide bonds. The lowest BCUT2D eigenvalue weighted by atomic mass is 9.98. The number of fused-ring (bicyclic) bond motifs is 5. The van der Waals surface area contributed by atoms with Gasteiger partial charge in [-0.15, -0.1) is 0 Å². The van der Waals surface area contributed by atoms with E-state index in [2.05, 4.69) is 67.9 Å². The van der Waals surface area contributed by atoms with Gasteiger partial charge in [0.05, 0.1) is 16.7 Å². The molecule has 2 aromatic rings. The lowest BCUT2D eigenvalue weighted by molar-refractivity contribution is 1.03. The second-order valence-corrected chi connectivity index (χ2v) is 5.73. The van der Waals surface area contributed by atoms with Crippen molar-refractivity contribution in [1.82, 2.24) is 9.38 Å². The Hall–Kier alpha value is -2.35. The number of nitrogens with zero attached hydrogens (tertiary/aromatic N) is 2. The van der Waals surface area contributed by atoms with Crippen LogP contribution >= 0.6 is 0 Å². The maximum atomic E-state index is 4.90. The quantitative estimate of drug-likeness (QED) is 0.488. The molecule has 0 N–H and O–H groups in total. The normalized spacial score (nSPS) is 11.8. The number of pyridine rings is 2. The number of rotatable bonds is 1. The van der Waals surface area contributed by atoms with Gasteiger partial charge in [0.15, 0.2) is 0 Å². The van der Waals surface area contributed by atoms with E-state index in [9.17, 15) is 0 Å². The molecule has 1 aromatic heterocycles. The summed E-state index contributed by atoms with van der Waals surface area (Å²) in [4.78, 5) is 4.90. The minimum Gasteiger partial charge on any atom is -0.321 e. The molecule has 4 rings (SSSR count). The zero-order valence-electron chi connectivity index (χ0n) is 12.6. The maximum absolute atomic E-state index is 4.90. The molecule has 0 aliphatic carbocycles. The van der Waals surface area contributed by atoms with Crippen molar-refractivity contribution in [3.63, 3.8) is 0 Å². The van der Waals surface area contributed by atoms with Gasteiger partial charge in [-0.25, -0.2) is 4.98 Å². The molecule has 3 heterocycles. The molecule has 0 fully saturated rings. The highest BCUT2D eigenvalue weighted by atomic mass is 14.9. The summed E-state index contributed by atoms with van der Waals surface area (Å²) in [6, 6.07) is 10.6. The third kappa shape index (κ3) is 1.62. The van der Waals surface area contributed by atoms with Gasteiger partial charge in [-0.05, 0) is 49.1 Å². The Kier molecular flexibility index (Phi) is 2.55. The lowest BCUT2D eigenvalue weighted by Crippen LogP contribution is -2.02. The molecular weight excluding hydrogens is 256 g/mol. The summed E-state index contributed by atoms with van der Waals surface area (Å²) in [6.45, 7) is 6.62. The van der Waals surface area contributed by atoms with Crippen LogP contribution in [0.2, 0.25) is 0 Å². The highest BCUT2D eigenvalue weighted by Crippen LogP contribution is 2.36. The fourth-order valence-electron chi connectivity index (χ4n) is 3.37. The largest absolute Gasteiger partial charge is 0.321 e. The average molecular weight is 274 g/mol. The molecule has 2 heteroatoms. The highest BCUT2D eigenvalue weighted by molar-refractivity contribution is 6.02. The van der Waals surface area contributed by atoms with E-state index in [0.717, 1.165) is 17.6 Å². The van der Waals surface area contributed by atoms with Crippen LogP contribution in [0.5, 0.6) is 0 Å². The molecule has 0 unspecified atom stereocenters. The van der Waals surface area contributed by atoms with E-state index in [1.807, 2.05) is 0 Å². The summed E-state index contributed by atoms with van der Waals surface area (Å²) in [5.74, 6) is 0. The fourth-order valence-corrected chi connectivity index (χ4v) is 3.37. The first-order chi connectivity index (χ1) is 10.2. The molecule has 0 spiro atoms. The number of benzene rings is 1. The summed E-state index contributed by atoms with van der Waals surface area (Å²) in [7, 11) is 0. The van der Waals surface area contributed by atoms with Crippen LogP contribution in [0.3, 0.4) is 0 Å². The second-order valence-electron chi connectivity index (χ2n) is 5.73. The van der Waals surface area contributed by atoms with Crippen LogP contribution in [0.1, 0.15) is 23.6 Å². The SMILES string of the molecule is CCc1c(C)c(C)cn2ccc3c4ccccc4nc-3c12. The Labute approximate surface area is 124 Å². The van der Waals surface area contributed by atoms with E-state index in [-0.39, 0.29) is 0 Å². The summed E-state index contributed by atoms with van der Waals surface area (Å²) < 4.78 is 2.23. The minimum atomic E-state index is 1.03. The number of aryl methyl sites for hydroxylation is 2. The predicted molar refractivity (Wildman–Crippen MR) is 88.2 cm³/mol. The standard InChI is InChI=1S/C19H18N2/c1-4-14-13(3)12(2)11-21-10-9-16-15-7-5-6-8-17(15)20-18(16)19(14)21/h5-11H,4H2,1-3H3. The topological polar surface area (TPSA) is 17.3 Å². The molecule has 0 bridgehead atoms. The predicted octanol–water partition coefficient (Wildman–Crippen LogP) is 4.77. The number of hydrogen-bond acceptors (Lipinski definition) is 1. The first-order valence-corrected chi connectivity index (χ1v) is 7.49. The molecule has 0 saturated heterocycles. The van der Waals surface area contributed by atoms with E-state index >= 15 is 0 Å². The second kappa shape index (κ2) is 4.32. The van der Waals surface area contributed by atoms with Gasteiger partial charge in [0, 0.05) is 23.3 Å². The van der Waals surface area contributed by atoms with Crippen molar-refractivity contribution in [3.8, 4) is 11.3 Å². The Morgan fingerprint density at radius 3 is 2.71 bits per heavy atom. The van der Waals surface area contributed by atoms with Crippen LogP contribution in [0.15, 0.2) is 42.7 Å². The summed E-state index contributed by atoms with van der Waals surface area (Å²) >= 11 is 0. The molecule has 1 aromatic carbocycles. The zero-order chi connectivity index (χ0) is 14.6. The maximum Gasteiger partial charge on any atom is 0.0959 e. The Morgan fingerprint density at radius 1 is 1.10 bits per heavy atom. The van der Waals surface area contributed by atoms with Crippen LogP contribution in [-0.2, 0) is 6.42 Å². The Bertz CT molecular complexity index is 947. The molecule has 21 heavy (non-hydrogen) atoms. The molecule has 104 valence electrons. The van der Waals surface area contributed by atoms with Gasteiger partial charge >= 0.3 is 0 Å². The van der Waals surface area contributed by atoms with Crippen LogP contribution in [0, 0.1) is 13.8 Å². The van der Waals surface area contributed by atoms with Gasteiger partial charge in [0.2, 0.25) is 0 Å². The molecule has 0 saturated carbocycles. The van der Waals surface area contributed by atoms with E-state index in [0.29, 0.717) is 0 Å². The summed E-state index contributed by atoms with van der Waals surface area (Å²) in [5, 5.41) is 1.25. The monoisotopic (exact) mass is 274 g/mol. The summed E-state index contributed by atoms with van der Waals surface area (Å²) in [5.41, 5.74) is 8.85. The van der Waals surface area contributed by atoms with Crippen molar-refractivity contribution < 1.29 is 0 Å². The zero-order valence-corrected chi connectivity index (χ0v) is 12.6. The number of aromatic nitrogens is 2. The Morgan fingerprint density at radius 2 is 1.90 bits per heavy atom. The highest BCUT2D eigenvalue weighted by Gasteiger charge is 2.18. The first-order valence-electron chi connectivity index (χ1n) is 7.49. The number of para-hydroxylation sites is 1. The van der Waals surface area contributed by atoms with Crippen molar-refractivity contribution in [3.05, 3.63) is 59.4 Å². The van der Waals surface area contributed by atoms with Crippen molar-refractivity contribution in [2.24, 2.45) is 0 Å². The van der Waals surface area contributed by atoms with Crippen molar-refractivity contribution >= 4 is 16.4 Å². The van der Waals surface area contributed by atoms with E-state index in [1.165, 1.54) is 33.2 Å². The van der Waals surface area contributed by atoms with E-state index in [1.54, 1.807) is 0 Å². The Balaban J connectivity index is 2.25. The minimum absolute atomic E-state index is 1.03. The molecular formula is C19H18N2. The van der Waals surface area contributed by atoms with Gasteiger partial charge in [0.1, 0.15) is 0 Å². The van der Waals surface area contributed by atoms with Crippen molar-refractivity contribution in [1.29, 1.82) is 0 Å². The van der Waals surface area contributed by atoms with E-state index < -0.39 is 0 Å². The molecule has 0 atom stereocenters. The van der Waals surface area contributed by atoms with Crippen molar-refractivity contribution in [2.45, 2.75) is 27.2 Å². The third-order valence-corrected chi connectivity index (χ3v) is 4.58.